The first kappa shape index (κ1) is 23.4. The first-order valence-electron chi connectivity index (χ1n) is 11.4. The molecule has 0 bridgehead atoms. The van der Waals surface area contributed by atoms with Crippen LogP contribution in [0.4, 0.5) is 0 Å². The molecular weight excluding hydrogens is 426 g/mol. The van der Waals surface area contributed by atoms with Gasteiger partial charge in [-0.25, -0.2) is 0 Å². The van der Waals surface area contributed by atoms with E-state index in [0.717, 1.165) is 33.8 Å². The van der Waals surface area contributed by atoms with Gasteiger partial charge < -0.3 is 4.74 Å². The summed E-state index contributed by atoms with van der Waals surface area (Å²) in [7, 11) is 1.72. The number of benzene rings is 3. The van der Waals surface area contributed by atoms with Crippen LogP contribution in [0.3, 0.4) is 0 Å². The molecule has 0 fully saturated rings. The number of hydrogen-bond acceptors (Lipinski definition) is 4. The van der Waals surface area contributed by atoms with Crippen LogP contribution >= 0.6 is 11.8 Å². The van der Waals surface area contributed by atoms with Gasteiger partial charge in [-0.15, -0.1) is 15.0 Å². The number of aromatic nitrogens is 3. The minimum atomic E-state index is -0.0333. The second-order valence-electron chi connectivity index (χ2n) is 10.5. The van der Waals surface area contributed by atoms with E-state index in [9.17, 15) is 0 Å². The third-order valence-corrected chi connectivity index (χ3v) is 6.78. The molecule has 0 atom stereocenters. The maximum Gasteiger partial charge on any atom is 0.160 e. The van der Waals surface area contributed by atoms with Gasteiger partial charge in [0.05, 0.1) is 12.0 Å². The molecule has 0 aliphatic carbocycles. The number of methoxy groups -OCH3 is 1. The van der Waals surface area contributed by atoms with Gasteiger partial charge in [0, 0.05) is 4.90 Å². The SMILES string of the molecule is COc1c(Sc2ccc(C)cc2)cc(C(C)(C)CC(C)(C)C)cc1-n1nc2ccccc2n1. The molecule has 4 rings (SSSR count). The van der Waals surface area contributed by atoms with E-state index in [-0.39, 0.29) is 10.8 Å². The summed E-state index contributed by atoms with van der Waals surface area (Å²) in [6.45, 7) is 13.6. The van der Waals surface area contributed by atoms with Gasteiger partial charge in [0.1, 0.15) is 16.7 Å². The number of hydrogen-bond donors (Lipinski definition) is 0. The molecule has 172 valence electrons. The fraction of sp³-hybridized carbons (Fsp3) is 0.357. The Morgan fingerprint density at radius 3 is 2.03 bits per heavy atom. The van der Waals surface area contributed by atoms with E-state index in [1.165, 1.54) is 16.0 Å². The highest BCUT2D eigenvalue weighted by atomic mass is 32.2. The van der Waals surface area contributed by atoms with Crippen LogP contribution in [-0.4, -0.2) is 22.1 Å². The molecule has 5 heteroatoms. The van der Waals surface area contributed by atoms with E-state index in [4.69, 9.17) is 14.9 Å². The van der Waals surface area contributed by atoms with Crippen molar-refractivity contribution in [2.24, 2.45) is 5.41 Å². The Morgan fingerprint density at radius 1 is 0.879 bits per heavy atom. The van der Waals surface area contributed by atoms with Crippen LogP contribution in [0, 0.1) is 12.3 Å². The van der Waals surface area contributed by atoms with E-state index in [2.05, 4.69) is 77.9 Å². The van der Waals surface area contributed by atoms with Crippen LogP contribution < -0.4 is 4.74 Å². The van der Waals surface area contributed by atoms with Gasteiger partial charge in [0.15, 0.2) is 5.75 Å². The normalized spacial score (nSPS) is 12.3. The average Bonchev–Trinajstić information content (AvgIpc) is 3.17. The first-order chi connectivity index (χ1) is 15.6. The average molecular weight is 460 g/mol. The lowest BCUT2D eigenvalue weighted by Gasteiger charge is -2.33. The van der Waals surface area contributed by atoms with Crippen molar-refractivity contribution >= 4 is 22.8 Å². The molecule has 0 N–H and O–H groups in total. The topological polar surface area (TPSA) is 39.9 Å². The monoisotopic (exact) mass is 459 g/mol. The van der Waals surface area contributed by atoms with Crippen molar-refractivity contribution in [3.63, 3.8) is 0 Å². The van der Waals surface area contributed by atoms with Gasteiger partial charge in [-0.05, 0) is 66.1 Å². The van der Waals surface area contributed by atoms with Gasteiger partial charge in [0.2, 0.25) is 0 Å². The van der Waals surface area contributed by atoms with E-state index in [0.29, 0.717) is 0 Å². The van der Waals surface area contributed by atoms with Gasteiger partial charge >= 0.3 is 0 Å². The first-order valence-corrected chi connectivity index (χ1v) is 12.2. The predicted molar refractivity (Wildman–Crippen MR) is 138 cm³/mol. The summed E-state index contributed by atoms with van der Waals surface area (Å²) in [5.74, 6) is 0.788. The Balaban J connectivity index is 1.90. The molecule has 0 unspecified atom stereocenters. The van der Waals surface area contributed by atoms with Crippen LogP contribution in [0.25, 0.3) is 16.7 Å². The van der Waals surface area contributed by atoms with E-state index in [1.807, 2.05) is 24.3 Å². The number of aryl methyl sites for hydroxylation is 1. The fourth-order valence-corrected chi connectivity index (χ4v) is 5.53. The molecule has 0 radical (unpaired) electrons. The predicted octanol–water partition coefficient (Wildman–Crippen LogP) is 7.60. The van der Waals surface area contributed by atoms with E-state index < -0.39 is 0 Å². The lowest BCUT2D eigenvalue weighted by atomic mass is 9.72. The zero-order chi connectivity index (χ0) is 23.8. The minimum Gasteiger partial charge on any atom is -0.493 e. The summed E-state index contributed by atoms with van der Waals surface area (Å²) in [5, 5.41) is 9.53. The Kier molecular flexibility index (Phi) is 6.28. The maximum absolute atomic E-state index is 5.97. The summed E-state index contributed by atoms with van der Waals surface area (Å²) in [6, 6.07) is 21.0. The molecule has 1 heterocycles. The summed E-state index contributed by atoms with van der Waals surface area (Å²) in [6.07, 6.45) is 1.05. The maximum atomic E-state index is 5.97. The van der Waals surface area contributed by atoms with Crippen molar-refractivity contribution in [1.82, 2.24) is 15.0 Å². The van der Waals surface area contributed by atoms with Crippen molar-refractivity contribution in [3.8, 4) is 11.4 Å². The van der Waals surface area contributed by atoms with Gasteiger partial charge in [-0.2, -0.15) is 0 Å². The highest BCUT2D eigenvalue weighted by Crippen LogP contribution is 2.44. The van der Waals surface area contributed by atoms with Gasteiger partial charge in [0.25, 0.3) is 0 Å². The molecule has 4 nitrogen and oxygen atoms in total. The standard InChI is InChI=1S/C28H33N3OS/c1-19-12-14-21(15-13-19)33-25-17-20(28(5,6)18-27(2,3)4)16-24(26(25)32-7)31-29-22-10-8-9-11-23(22)30-31/h8-17H,18H2,1-7H3. The molecule has 0 aliphatic heterocycles. The zero-order valence-electron chi connectivity index (χ0n) is 20.6. The molecule has 0 saturated heterocycles. The Hall–Kier alpha value is -2.79. The molecule has 1 aromatic heterocycles. The highest BCUT2D eigenvalue weighted by Gasteiger charge is 2.30. The lowest BCUT2D eigenvalue weighted by Crippen LogP contribution is -2.25. The number of fused-ring (bicyclic) bond motifs is 1. The summed E-state index contributed by atoms with van der Waals surface area (Å²) in [5.41, 5.74) is 5.27. The summed E-state index contributed by atoms with van der Waals surface area (Å²) >= 11 is 1.72. The molecule has 0 amide bonds. The number of ether oxygens (including phenoxy) is 1. The van der Waals surface area contributed by atoms with Crippen molar-refractivity contribution < 1.29 is 4.74 Å². The molecule has 0 aliphatic rings. The largest absolute Gasteiger partial charge is 0.493 e. The number of rotatable bonds is 6. The number of nitrogens with zero attached hydrogens (tertiary/aromatic N) is 3. The van der Waals surface area contributed by atoms with Gasteiger partial charge in [-0.3, -0.25) is 0 Å². The Labute approximate surface area is 201 Å². The third-order valence-electron chi connectivity index (χ3n) is 5.74. The molecular formula is C28H33N3OS. The van der Waals surface area contributed by atoms with Crippen molar-refractivity contribution in [2.75, 3.05) is 7.11 Å². The molecule has 0 spiro atoms. The fourth-order valence-electron chi connectivity index (χ4n) is 4.54. The lowest BCUT2D eigenvalue weighted by molar-refractivity contribution is 0.283. The molecule has 4 aromatic rings. The Morgan fingerprint density at radius 2 is 1.48 bits per heavy atom. The molecule has 3 aromatic carbocycles. The zero-order valence-corrected chi connectivity index (χ0v) is 21.5. The minimum absolute atomic E-state index is 0.0333. The van der Waals surface area contributed by atoms with Crippen LogP contribution in [0.1, 0.15) is 52.2 Å². The van der Waals surface area contributed by atoms with Crippen molar-refractivity contribution in [1.29, 1.82) is 0 Å². The Bertz CT molecular complexity index is 1230. The van der Waals surface area contributed by atoms with Crippen LogP contribution in [0.15, 0.2) is 70.5 Å². The van der Waals surface area contributed by atoms with Crippen LogP contribution in [0.5, 0.6) is 5.75 Å². The van der Waals surface area contributed by atoms with Crippen molar-refractivity contribution in [2.45, 2.75) is 63.2 Å². The summed E-state index contributed by atoms with van der Waals surface area (Å²) < 4.78 is 5.97. The third kappa shape index (κ3) is 5.25. The van der Waals surface area contributed by atoms with Gasteiger partial charge in [-0.1, -0.05) is 76.2 Å². The quantitative estimate of drug-likeness (QED) is 0.297. The molecule has 0 saturated carbocycles. The van der Waals surface area contributed by atoms with Crippen molar-refractivity contribution in [3.05, 3.63) is 71.8 Å². The molecule has 33 heavy (non-hydrogen) atoms. The highest BCUT2D eigenvalue weighted by molar-refractivity contribution is 7.99. The van der Waals surface area contributed by atoms with Crippen LogP contribution in [-0.2, 0) is 5.41 Å². The van der Waals surface area contributed by atoms with E-state index in [1.54, 1.807) is 23.7 Å². The smallest absolute Gasteiger partial charge is 0.160 e. The summed E-state index contributed by atoms with van der Waals surface area (Å²) in [4.78, 5) is 3.96. The van der Waals surface area contributed by atoms with Crippen LogP contribution in [0.2, 0.25) is 0 Å². The second-order valence-corrected chi connectivity index (χ2v) is 11.7. The van der Waals surface area contributed by atoms with E-state index >= 15 is 0 Å². The second kappa shape index (κ2) is 8.86.